The van der Waals surface area contributed by atoms with Crippen LogP contribution in [0.2, 0.25) is 0 Å². The van der Waals surface area contributed by atoms with E-state index >= 15 is 0 Å². The van der Waals surface area contributed by atoms with Crippen molar-refractivity contribution in [2.24, 2.45) is 23.5 Å². The molecule has 0 heterocycles. The first-order valence-electron chi connectivity index (χ1n) is 8.78. The van der Waals surface area contributed by atoms with Gasteiger partial charge in [-0.25, -0.2) is 0 Å². The average Bonchev–Trinajstić information content (AvgIpc) is 3.06. The van der Waals surface area contributed by atoms with Gasteiger partial charge < -0.3 is 25.2 Å². The lowest BCUT2D eigenvalue weighted by molar-refractivity contribution is -0.138. The Morgan fingerprint density at radius 1 is 1.30 bits per heavy atom. The molecule has 2 fully saturated rings. The van der Waals surface area contributed by atoms with Crippen molar-refractivity contribution in [1.29, 1.82) is 0 Å². The van der Waals surface area contributed by atoms with Crippen LogP contribution in [0.4, 0.5) is 0 Å². The number of aliphatic hydroxyl groups excluding tert-OH is 1. The third-order valence-corrected chi connectivity index (χ3v) is 5.12. The quantitative estimate of drug-likeness (QED) is 0.606. The van der Waals surface area contributed by atoms with E-state index in [1.165, 1.54) is 0 Å². The third kappa shape index (κ3) is 4.89. The third-order valence-electron chi connectivity index (χ3n) is 5.12. The van der Waals surface area contributed by atoms with E-state index in [-0.39, 0.29) is 37.1 Å². The minimum atomic E-state index is -0.683. The van der Waals surface area contributed by atoms with Gasteiger partial charge in [0, 0.05) is 19.6 Å². The molecule has 2 aliphatic rings. The molecule has 2 rings (SSSR count). The molecule has 3 N–H and O–H groups in total. The van der Waals surface area contributed by atoms with E-state index in [0.717, 1.165) is 19.3 Å². The predicted octanol–water partition coefficient (Wildman–Crippen LogP) is 0.621. The number of carbonyl (C=O) groups excluding carboxylic acids is 1. The summed E-state index contributed by atoms with van der Waals surface area (Å²) in [6.45, 7) is 5.39. The lowest BCUT2D eigenvalue weighted by atomic mass is 9.84. The molecule has 0 radical (unpaired) electrons. The molecule has 0 aromatic heterocycles. The number of fused-ring (bicyclic) bond motifs is 2. The first kappa shape index (κ1) is 18.6. The number of carbonyl (C=O) groups is 1. The monoisotopic (exact) mass is 328 g/mol. The van der Waals surface area contributed by atoms with Crippen LogP contribution in [0.15, 0.2) is 0 Å². The van der Waals surface area contributed by atoms with Crippen LogP contribution in [0.25, 0.3) is 0 Å². The zero-order valence-corrected chi connectivity index (χ0v) is 14.6. The summed E-state index contributed by atoms with van der Waals surface area (Å²) < 4.78 is 10.8. The summed E-state index contributed by atoms with van der Waals surface area (Å²) in [5.41, 5.74) is 6.22. The summed E-state index contributed by atoms with van der Waals surface area (Å²) in [6, 6.07) is -0.00900. The van der Waals surface area contributed by atoms with Gasteiger partial charge >= 0.3 is 0 Å². The highest BCUT2D eigenvalue weighted by Gasteiger charge is 2.49. The van der Waals surface area contributed by atoms with Crippen molar-refractivity contribution in [2.75, 3.05) is 33.4 Å². The second-order valence-corrected chi connectivity index (χ2v) is 7.30. The van der Waals surface area contributed by atoms with Crippen molar-refractivity contribution in [3.63, 3.8) is 0 Å². The van der Waals surface area contributed by atoms with Gasteiger partial charge in [0.1, 0.15) is 0 Å². The van der Waals surface area contributed by atoms with Crippen molar-refractivity contribution < 1.29 is 19.4 Å². The number of ether oxygens (including phenoxy) is 2. The van der Waals surface area contributed by atoms with E-state index in [9.17, 15) is 9.90 Å². The van der Waals surface area contributed by atoms with Gasteiger partial charge in [0.2, 0.25) is 5.91 Å². The molecule has 0 aliphatic heterocycles. The Morgan fingerprint density at radius 2 is 2.00 bits per heavy atom. The van der Waals surface area contributed by atoms with Crippen LogP contribution in [0, 0.1) is 17.8 Å². The Bertz CT molecular complexity index is 389. The van der Waals surface area contributed by atoms with E-state index in [1.54, 1.807) is 11.9 Å². The van der Waals surface area contributed by atoms with Crippen LogP contribution >= 0.6 is 0 Å². The van der Waals surface area contributed by atoms with E-state index < -0.39 is 6.10 Å². The maximum Gasteiger partial charge on any atom is 0.227 e. The van der Waals surface area contributed by atoms with Crippen LogP contribution in [-0.4, -0.2) is 67.6 Å². The zero-order chi connectivity index (χ0) is 17.0. The highest BCUT2D eigenvalue weighted by molar-refractivity contribution is 5.80. The van der Waals surface area contributed by atoms with E-state index in [0.29, 0.717) is 25.0 Å². The smallest absolute Gasteiger partial charge is 0.227 e. The van der Waals surface area contributed by atoms with Crippen molar-refractivity contribution in [2.45, 2.75) is 51.4 Å². The SMILES string of the molecule is CC(C)OCCOCC(O)CN(C)C(=O)C1C2CCC(C2)C1N. The molecule has 5 atom stereocenters. The summed E-state index contributed by atoms with van der Waals surface area (Å²) in [5.74, 6) is 0.960. The number of rotatable bonds is 9. The van der Waals surface area contributed by atoms with E-state index in [1.807, 2.05) is 13.8 Å². The fourth-order valence-electron chi connectivity index (χ4n) is 3.98. The van der Waals surface area contributed by atoms with Gasteiger partial charge in [-0.1, -0.05) is 0 Å². The summed E-state index contributed by atoms with van der Waals surface area (Å²) in [7, 11) is 1.74. The number of nitrogens with zero attached hydrogens (tertiary/aromatic N) is 1. The summed E-state index contributed by atoms with van der Waals surface area (Å²) in [6.07, 6.45) is 2.86. The summed E-state index contributed by atoms with van der Waals surface area (Å²) in [4.78, 5) is 14.2. The molecule has 2 aliphatic carbocycles. The number of nitrogens with two attached hydrogens (primary N) is 1. The Morgan fingerprint density at radius 3 is 2.61 bits per heavy atom. The fourth-order valence-corrected chi connectivity index (χ4v) is 3.98. The van der Waals surface area contributed by atoms with Gasteiger partial charge in [0.25, 0.3) is 0 Å². The molecule has 2 bridgehead atoms. The first-order chi connectivity index (χ1) is 10.9. The van der Waals surface area contributed by atoms with Gasteiger partial charge in [-0.3, -0.25) is 4.79 Å². The van der Waals surface area contributed by atoms with Crippen LogP contribution < -0.4 is 5.73 Å². The number of hydrogen-bond acceptors (Lipinski definition) is 5. The standard InChI is InChI=1S/C17H32N2O4/c1-11(2)23-7-6-22-10-14(20)9-19(3)17(21)15-12-4-5-13(8-12)16(15)18/h11-16,20H,4-10,18H2,1-3H3. The second kappa shape index (κ2) is 8.42. The molecule has 6 heteroatoms. The molecular weight excluding hydrogens is 296 g/mol. The van der Waals surface area contributed by atoms with Crippen LogP contribution in [0.1, 0.15) is 33.1 Å². The molecule has 0 spiro atoms. The number of likely N-dealkylation sites (N-methyl/N-ethyl adjacent to an activating group) is 1. The number of amides is 1. The van der Waals surface area contributed by atoms with Gasteiger partial charge in [-0.2, -0.15) is 0 Å². The molecule has 2 saturated carbocycles. The molecule has 134 valence electrons. The minimum Gasteiger partial charge on any atom is -0.389 e. The number of aliphatic hydroxyl groups is 1. The maximum absolute atomic E-state index is 12.6. The van der Waals surface area contributed by atoms with Gasteiger partial charge in [0.05, 0.1) is 37.9 Å². The summed E-state index contributed by atoms with van der Waals surface area (Å²) >= 11 is 0. The van der Waals surface area contributed by atoms with E-state index in [2.05, 4.69) is 0 Å². The fraction of sp³-hybridized carbons (Fsp3) is 0.941. The molecule has 6 nitrogen and oxygen atoms in total. The van der Waals surface area contributed by atoms with Crippen molar-refractivity contribution in [3.05, 3.63) is 0 Å². The topological polar surface area (TPSA) is 85.0 Å². The maximum atomic E-state index is 12.6. The van der Waals surface area contributed by atoms with Gasteiger partial charge in [-0.15, -0.1) is 0 Å². The normalized spacial score (nSPS) is 30.9. The highest BCUT2D eigenvalue weighted by Crippen LogP contribution is 2.48. The second-order valence-electron chi connectivity index (χ2n) is 7.30. The molecule has 0 aromatic carbocycles. The van der Waals surface area contributed by atoms with Crippen LogP contribution in [-0.2, 0) is 14.3 Å². The highest BCUT2D eigenvalue weighted by atomic mass is 16.5. The predicted molar refractivity (Wildman–Crippen MR) is 87.8 cm³/mol. The molecule has 1 amide bonds. The van der Waals surface area contributed by atoms with Gasteiger partial charge in [-0.05, 0) is 44.9 Å². The number of hydrogen-bond donors (Lipinski definition) is 2. The Kier molecular flexibility index (Phi) is 6.83. The minimum absolute atomic E-state index is 0.00900. The Balaban J connectivity index is 1.67. The molecular formula is C17H32N2O4. The van der Waals surface area contributed by atoms with Crippen LogP contribution in [0.3, 0.4) is 0 Å². The molecule has 0 saturated heterocycles. The molecule has 23 heavy (non-hydrogen) atoms. The van der Waals surface area contributed by atoms with Crippen molar-refractivity contribution in [3.8, 4) is 0 Å². The largest absolute Gasteiger partial charge is 0.389 e. The molecule has 0 aromatic rings. The lowest BCUT2D eigenvalue weighted by Gasteiger charge is -2.31. The van der Waals surface area contributed by atoms with Crippen molar-refractivity contribution >= 4 is 5.91 Å². The first-order valence-corrected chi connectivity index (χ1v) is 8.78. The Labute approximate surface area is 139 Å². The lowest BCUT2D eigenvalue weighted by Crippen LogP contribution is -2.48. The van der Waals surface area contributed by atoms with Gasteiger partial charge in [0.15, 0.2) is 0 Å². The van der Waals surface area contributed by atoms with E-state index in [4.69, 9.17) is 15.2 Å². The summed E-state index contributed by atoms with van der Waals surface area (Å²) in [5, 5.41) is 10.0. The molecule has 5 unspecified atom stereocenters. The van der Waals surface area contributed by atoms with Crippen molar-refractivity contribution in [1.82, 2.24) is 4.90 Å². The Hall–Kier alpha value is -0.690. The zero-order valence-electron chi connectivity index (χ0n) is 14.6. The van der Waals surface area contributed by atoms with Crippen LogP contribution in [0.5, 0.6) is 0 Å². The average molecular weight is 328 g/mol.